The molecule has 7 nitrogen and oxygen atoms in total. The predicted octanol–water partition coefficient (Wildman–Crippen LogP) is 0.340. The number of anilines is 1. The summed E-state index contributed by atoms with van der Waals surface area (Å²) in [5.74, 6) is 0.574. The van der Waals surface area contributed by atoms with E-state index in [2.05, 4.69) is 21.9 Å². The lowest BCUT2D eigenvalue weighted by Crippen LogP contribution is -2.45. The molecule has 0 spiro atoms. The number of aryl methyl sites for hydroxylation is 1. The van der Waals surface area contributed by atoms with E-state index in [-0.39, 0.29) is 17.9 Å². The molecule has 4 rings (SSSR count). The summed E-state index contributed by atoms with van der Waals surface area (Å²) in [5, 5.41) is 0. The summed E-state index contributed by atoms with van der Waals surface area (Å²) in [6, 6.07) is 0.247. The molecule has 1 amide bonds. The Hall–Kier alpha value is -1.73. The van der Waals surface area contributed by atoms with Crippen LogP contribution in [0, 0.1) is 5.92 Å². The Balaban J connectivity index is 1.65. The smallest absolute Gasteiger partial charge is 0.273 e. The summed E-state index contributed by atoms with van der Waals surface area (Å²) in [7, 11) is 2.12. The molecular formula is C17H25N5O2. The van der Waals surface area contributed by atoms with E-state index < -0.39 is 0 Å². The van der Waals surface area contributed by atoms with Gasteiger partial charge in [0.05, 0.1) is 19.3 Å². The van der Waals surface area contributed by atoms with Crippen LogP contribution < -0.4 is 5.73 Å². The number of likely N-dealkylation sites (N-methyl/N-ethyl adjacent to an activating group) is 1. The minimum Gasteiger partial charge on any atom is -0.379 e. The van der Waals surface area contributed by atoms with Gasteiger partial charge in [-0.1, -0.05) is 0 Å². The highest BCUT2D eigenvalue weighted by Gasteiger charge is 2.35. The summed E-state index contributed by atoms with van der Waals surface area (Å²) in [6.07, 6.45) is 3.96. The maximum atomic E-state index is 13.2. The maximum absolute atomic E-state index is 13.2. The second kappa shape index (κ2) is 6.29. The van der Waals surface area contributed by atoms with Crippen molar-refractivity contribution in [1.29, 1.82) is 0 Å². The monoisotopic (exact) mass is 331 g/mol. The van der Waals surface area contributed by atoms with Gasteiger partial charge in [0.1, 0.15) is 5.69 Å². The Morgan fingerprint density at radius 2 is 2.00 bits per heavy atom. The van der Waals surface area contributed by atoms with Gasteiger partial charge in [-0.25, -0.2) is 9.97 Å². The third-order valence-corrected chi connectivity index (χ3v) is 5.43. The number of nitrogens with zero attached hydrogens (tertiary/aromatic N) is 4. The van der Waals surface area contributed by atoms with Crippen molar-refractivity contribution in [3.05, 3.63) is 17.0 Å². The average Bonchev–Trinajstić information content (AvgIpc) is 2.81. The van der Waals surface area contributed by atoms with Crippen LogP contribution in [0.4, 0.5) is 5.95 Å². The molecule has 1 aliphatic carbocycles. The Morgan fingerprint density at radius 3 is 2.88 bits per heavy atom. The van der Waals surface area contributed by atoms with Crippen LogP contribution in [0.3, 0.4) is 0 Å². The number of nitrogen functional groups attached to an aromatic ring is 1. The molecule has 2 aliphatic heterocycles. The molecule has 1 aromatic heterocycles. The first-order valence-electron chi connectivity index (χ1n) is 8.84. The number of carbonyl (C=O) groups excluding carboxylic acids is 1. The number of hydrogen-bond acceptors (Lipinski definition) is 6. The molecule has 130 valence electrons. The number of carbonyl (C=O) groups is 1. The Labute approximate surface area is 142 Å². The zero-order valence-corrected chi connectivity index (χ0v) is 14.2. The zero-order valence-electron chi connectivity index (χ0n) is 14.2. The minimum absolute atomic E-state index is 0.00875. The van der Waals surface area contributed by atoms with Gasteiger partial charge in [0.15, 0.2) is 0 Å². The molecule has 2 fully saturated rings. The molecule has 3 heterocycles. The molecule has 3 aliphatic rings. The van der Waals surface area contributed by atoms with Crippen molar-refractivity contribution >= 4 is 11.9 Å². The van der Waals surface area contributed by atoms with Crippen molar-refractivity contribution in [2.75, 3.05) is 45.6 Å². The summed E-state index contributed by atoms with van der Waals surface area (Å²) >= 11 is 0. The fraction of sp³-hybridized carbons (Fsp3) is 0.706. The van der Waals surface area contributed by atoms with E-state index >= 15 is 0 Å². The third-order valence-electron chi connectivity index (χ3n) is 5.43. The lowest BCUT2D eigenvalue weighted by molar-refractivity contribution is 0.0429. The van der Waals surface area contributed by atoms with Gasteiger partial charge in [-0.2, -0.15) is 0 Å². The third kappa shape index (κ3) is 2.86. The quantitative estimate of drug-likeness (QED) is 0.799. The Bertz CT molecular complexity index is 650. The topological polar surface area (TPSA) is 84.6 Å². The van der Waals surface area contributed by atoms with Crippen molar-refractivity contribution < 1.29 is 9.53 Å². The van der Waals surface area contributed by atoms with E-state index in [4.69, 9.17) is 10.5 Å². The van der Waals surface area contributed by atoms with Gasteiger partial charge in [0, 0.05) is 36.8 Å². The van der Waals surface area contributed by atoms with E-state index in [1.54, 1.807) is 0 Å². The largest absolute Gasteiger partial charge is 0.379 e. The fourth-order valence-corrected chi connectivity index (χ4v) is 4.16. The van der Waals surface area contributed by atoms with Crippen LogP contribution in [0.15, 0.2) is 0 Å². The molecule has 0 aromatic carbocycles. The summed E-state index contributed by atoms with van der Waals surface area (Å²) in [4.78, 5) is 26.2. The van der Waals surface area contributed by atoms with Crippen LogP contribution in [0.5, 0.6) is 0 Å². The van der Waals surface area contributed by atoms with E-state index in [1.165, 1.54) is 0 Å². The molecule has 0 unspecified atom stereocenters. The van der Waals surface area contributed by atoms with Gasteiger partial charge >= 0.3 is 0 Å². The molecule has 7 heteroatoms. The first-order chi connectivity index (χ1) is 11.6. The molecule has 0 radical (unpaired) electrons. The lowest BCUT2D eigenvalue weighted by atomic mass is 9.94. The fourth-order valence-electron chi connectivity index (χ4n) is 4.16. The van der Waals surface area contributed by atoms with Crippen molar-refractivity contribution in [2.24, 2.45) is 5.92 Å². The van der Waals surface area contributed by atoms with Crippen molar-refractivity contribution in [1.82, 2.24) is 19.8 Å². The number of amides is 1. The normalized spacial score (nSPS) is 27.5. The van der Waals surface area contributed by atoms with Gasteiger partial charge in [0.2, 0.25) is 5.95 Å². The predicted molar refractivity (Wildman–Crippen MR) is 89.7 cm³/mol. The van der Waals surface area contributed by atoms with Crippen molar-refractivity contribution in [3.8, 4) is 0 Å². The molecule has 2 bridgehead atoms. The van der Waals surface area contributed by atoms with E-state index in [0.29, 0.717) is 31.4 Å². The second-order valence-electron chi connectivity index (χ2n) is 7.27. The number of hydrogen-bond donors (Lipinski definition) is 1. The van der Waals surface area contributed by atoms with E-state index in [0.717, 1.165) is 50.0 Å². The van der Waals surface area contributed by atoms with Crippen LogP contribution in [0.2, 0.25) is 0 Å². The van der Waals surface area contributed by atoms with Crippen molar-refractivity contribution in [3.63, 3.8) is 0 Å². The van der Waals surface area contributed by atoms with Crippen LogP contribution in [0.25, 0.3) is 0 Å². The SMILES string of the molecule is CN1C[C@H]2COC[C@@H]1CN(C(=O)c1nc(N)nc3c1CCCC3)C2. The molecule has 24 heavy (non-hydrogen) atoms. The summed E-state index contributed by atoms with van der Waals surface area (Å²) in [5.41, 5.74) is 8.38. The molecule has 2 atom stereocenters. The van der Waals surface area contributed by atoms with Gasteiger partial charge in [0.25, 0.3) is 5.91 Å². The number of rotatable bonds is 1. The molecule has 2 N–H and O–H groups in total. The number of aromatic nitrogens is 2. The summed E-state index contributed by atoms with van der Waals surface area (Å²) < 4.78 is 5.75. The van der Waals surface area contributed by atoms with Gasteiger partial charge in [-0.05, 0) is 32.7 Å². The van der Waals surface area contributed by atoms with Gasteiger partial charge < -0.3 is 15.4 Å². The highest BCUT2D eigenvalue weighted by atomic mass is 16.5. The minimum atomic E-state index is 0.00875. The Kier molecular flexibility index (Phi) is 4.14. The lowest BCUT2D eigenvalue weighted by Gasteiger charge is -2.30. The molecule has 0 saturated carbocycles. The maximum Gasteiger partial charge on any atom is 0.273 e. The molecule has 1 aromatic rings. The number of nitrogens with two attached hydrogens (primary N) is 1. The highest BCUT2D eigenvalue weighted by molar-refractivity contribution is 5.94. The standard InChI is InChI=1S/C17H25N5O2/c1-21-6-11-7-22(8-12(21)10-24-9-11)16(23)15-13-4-2-3-5-14(13)19-17(18)20-15/h11-12H,2-10H2,1H3,(H2,18,19,20)/t11-,12+/m1/s1. The Morgan fingerprint density at radius 1 is 1.17 bits per heavy atom. The molecule has 2 saturated heterocycles. The number of ether oxygens (including phenoxy) is 1. The van der Waals surface area contributed by atoms with Crippen LogP contribution in [-0.4, -0.2) is 71.6 Å². The average molecular weight is 331 g/mol. The first kappa shape index (κ1) is 15.8. The van der Waals surface area contributed by atoms with E-state index in [9.17, 15) is 4.79 Å². The van der Waals surface area contributed by atoms with Crippen molar-refractivity contribution in [2.45, 2.75) is 31.7 Å². The highest BCUT2D eigenvalue weighted by Crippen LogP contribution is 2.25. The van der Waals surface area contributed by atoms with Gasteiger partial charge in [-0.15, -0.1) is 0 Å². The van der Waals surface area contributed by atoms with Crippen LogP contribution in [-0.2, 0) is 17.6 Å². The second-order valence-corrected chi connectivity index (χ2v) is 7.27. The van der Waals surface area contributed by atoms with E-state index in [1.807, 2.05) is 4.90 Å². The van der Waals surface area contributed by atoms with Crippen LogP contribution >= 0.6 is 0 Å². The first-order valence-corrected chi connectivity index (χ1v) is 8.84. The van der Waals surface area contributed by atoms with Gasteiger partial charge in [-0.3, -0.25) is 9.69 Å². The zero-order chi connectivity index (χ0) is 16.7. The summed E-state index contributed by atoms with van der Waals surface area (Å²) in [6.45, 7) is 3.77. The molecular weight excluding hydrogens is 306 g/mol. The van der Waals surface area contributed by atoms with Crippen LogP contribution in [0.1, 0.15) is 34.6 Å². The number of fused-ring (bicyclic) bond motifs is 4.